The summed E-state index contributed by atoms with van der Waals surface area (Å²) >= 11 is 11.9. The number of hydrogen-bond donors (Lipinski definition) is 0. The van der Waals surface area contributed by atoms with E-state index >= 15 is 0 Å². The molecule has 116 valence electrons. The molecule has 0 spiro atoms. The van der Waals surface area contributed by atoms with Crippen LogP contribution in [-0.2, 0) is 4.79 Å². The van der Waals surface area contributed by atoms with Gasteiger partial charge in [0, 0.05) is 44.7 Å². The number of hydrogen-bond acceptors (Lipinski definition) is 3. The first-order chi connectivity index (χ1) is 10.1. The number of amides is 1. The van der Waals surface area contributed by atoms with Gasteiger partial charge in [-0.2, -0.15) is 0 Å². The van der Waals surface area contributed by atoms with Crippen LogP contribution in [0.5, 0.6) is 5.75 Å². The Kier molecular flexibility index (Phi) is 6.15. The zero-order valence-corrected chi connectivity index (χ0v) is 13.7. The molecule has 1 aromatic rings. The zero-order valence-electron chi connectivity index (χ0n) is 12.1. The summed E-state index contributed by atoms with van der Waals surface area (Å²) in [5, 5.41) is 1.13. The molecule has 0 atom stereocenters. The van der Waals surface area contributed by atoms with Crippen LogP contribution in [-0.4, -0.2) is 55.0 Å². The third-order valence-electron chi connectivity index (χ3n) is 3.59. The van der Waals surface area contributed by atoms with E-state index in [1.807, 2.05) is 4.90 Å². The maximum Gasteiger partial charge on any atom is 0.219 e. The maximum absolute atomic E-state index is 11.4. The van der Waals surface area contributed by atoms with Gasteiger partial charge in [0.1, 0.15) is 12.4 Å². The first kappa shape index (κ1) is 16.4. The second-order valence-electron chi connectivity index (χ2n) is 5.12. The Balaban J connectivity index is 1.77. The molecule has 0 N–H and O–H groups in total. The van der Waals surface area contributed by atoms with Crippen LogP contribution in [0.1, 0.15) is 13.3 Å². The van der Waals surface area contributed by atoms with Crippen molar-refractivity contribution in [2.45, 2.75) is 13.3 Å². The Morgan fingerprint density at radius 2 is 2.05 bits per heavy atom. The fourth-order valence-corrected chi connectivity index (χ4v) is 2.85. The quantitative estimate of drug-likeness (QED) is 0.850. The second kappa shape index (κ2) is 7.87. The fourth-order valence-electron chi connectivity index (χ4n) is 2.39. The van der Waals surface area contributed by atoms with Crippen LogP contribution in [0.15, 0.2) is 18.2 Å². The summed E-state index contributed by atoms with van der Waals surface area (Å²) in [7, 11) is 0. The minimum absolute atomic E-state index is 0.154. The molecule has 1 amide bonds. The van der Waals surface area contributed by atoms with E-state index in [9.17, 15) is 4.79 Å². The number of benzene rings is 1. The summed E-state index contributed by atoms with van der Waals surface area (Å²) in [4.78, 5) is 15.6. The van der Waals surface area contributed by atoms with Gasteiger partial charge in [-0.1, -0.05) is 23.2 Å². The van der Waals surface area contributed by atoms with Gasteiger partial charge in [0.25, 0.3) is 0 Å². The number of rotatable bonds is 4. The highest BCUT2D eigenvalue weighted by molar-refractivity contribution is 6.35. The second-order valence-corrected chi connectivity index (χ2v) is 5.97. The van der Waals surface area contributed by atoms with E-state index in [1.165, 1.54) is 0 Å². The van der Waals surface area contributed by atoms with Gasteiger partial charge in [0.15, 0.2) is 0 Å². The van der Waals surface area contributed by atoms with Gasteiger partial charge < -0.3 is 9.64 Å². The van der Waals surface area contributed by atoms with Crippen molar-refractivity contribution < 1.29 is 9.53 Å². The Labute approximate surface area is 135 Å². The molecule has 0 aromatic heterocycles. The summed E-state index contributed by atoms with van der Waals surface area (Å²) in [6.07, 6.45) is 1.00. The first-order valence-electron chi connectivity index (χ1n) is 7.12. The van der Waals surface area contributed by atoms with Crippen molar-refractivity contribution in [2.75, 3.05) is 39.3 Å². The summed E-state index contributed by atoms with van der Waals surface area (Å²) in [6, 6.07) is 5.22. The lowest BCUT2D eigenvalue weighted by Gasteiger charge is -2.21. The Morgan fingerprint density at radius 1 is 1.24 bits per heavy atom. The number of nitrogens with zero attached hydrogens (tertiary/aromatic N) is 2. The lowest BCUT2D eigenvalue weighted by molar-refractivity contribution is -0.128. The monoisotopic (exact) mass is 330 g/mol. The maximum atomic E-state index is 11.4. The lowest BCUT2D eigenvalue weighted by atomic mass is 10.3. The highest BCUT2D eigenvalue weighted by Crippen LogP contribution is 2.27. The normalized spacial score (nSPS) is 16.6. The molecule has 0 saturated carbocycles. The lowest BCUT2D eigenvalue weighted by Crippen LogP contribution is -2.35. The molecule has 6 heteroatoms. The predicted octanol–water partition coefficient (Wildman–Crippen LogP) is 2.93. The molecule has 4 nitrogen and oxygen atoms in total. The van der Waals surface area contributed by atoms with E-state index in [-0.39, 0.29) is 5.91 Å². The van der Waals surface area contributed by atoms with E-state index < -0.39 is 0 Å². The molecule has 2 rings (SSSR count). The molecule has 1 aromatic carbocycles. The SMILES string of the molecule is CC(=O)N1CCCN(CCOc2ccc(Cl)cc2Cl)CC1. The van der Waals surface area contributed by atoms with Crippen molar-refractivity contribution in [2.24, 2.45) is 0 Å². The van der Waals surface area contributed by atoms with Gasteiger partial charge in [0.2, 0.25) is 5.91 Å². The van der Waals surface area contributed by atoms with E-state index in [0.29, 0.717) is 22.4 Å². The molecule has 1 fully saturated rings. The van der Waals surface area contributed by atoms with E-state index in [1.54, 1.807) is 25.1 Å². The minimum atomic E-state index is 0.154. The summed E-state index contributed by atoms with van der Waals surface area (Å²) in [5.41, 5.74) is 0. The van der Waals surface area contributed by atoms with Gasteiger partial charge in [-0.25, -0.2) is 0 Å². The van der Waals surface area contributed by atoms with Gasteiger partial charge in [0.05, 0.1) is 5.02 Å². The van der Waals surface area contributed by atoms with Crippen molar-refractivity contribution in [3.05, 3.63) is 28.2 Å². The van der Waals surface area contributed by atoms with Crippen LogP contribution >= 0.6 is 23.2 Å². The molecular weight excluding hydrogens is 311 g/mol. The van der Waals surface area contributed by atoms with Crippen molar-refractivity contribution in [3.8, 4) is 5.75 Å². The molecular formula is C15H20Cl2N2O2. The highest BCUT2D eigenvalue weighted by Gasteiger charge is 2.16. The van der Waals surface area contributed by atoms with Crippen LogP contribution in [0.25, 0.3) is 0 Å². The average Bonchev–Trinajstić information content (AvgIpc) is 2.67. The summed E-state index contributed by atoms with van der Waals surface area (Å²) < 4.78 is 5.70. The third-order valence-corrected chi connectivity index (χ3v) is 4.12. The number of carbonyl (C=O) groups excluding carboxylic acids is 1. The Bertz CT molecular complexity index is 497. The Hall–Kier alpha value is -0.970. The van der Waals surface area contributed by atoms with Crippen LogP contribution in [0.4, 0.5) is 0 Å². The number of halogens is 2. The van der Waals surface area contributed by atoms with Crippen molar-refractivity contribution in [1.82, 2.24) is 9.80 Å². The molecule has 1 aliphatic heterocycles. The van der Waals surface area contributed by atoms with Crippen molar-refractivity contribution in [3.63, 3.8) is 0 Å². The number of carbonyl (C=O) groups is 1. The number of ether oxygens (including phenoxy) is 1. The van der Waals surface area contributed by atoms with Crippen LogP contribution < -0.4 is 4.74 Å². The first-order valence-corrected chi connectivity index (χ1v) is 7.87. The molecule has 0 radical (unpaired) electrons. The fraction of sp³-hybridized carbons (Fsp3) is 0.533. The molecule has 1 aliphatic rings. The molecule has 0 bridgehead atoms. The van der Waals surface area contributed by atoms with Crippen molar-refractivity contribution >= 4 is 29.1 Å². The summed E-state index contributed by atoms with van der Waals surface area (Å²) in [5.74, 6) is 0.808. The van der Waals surface area contributed by atoms with Gasteiger partial charge in [-0.15, -0.1) is 0 Å². The molecule has 0 aliphatic carbocycles. The van der Waals surface area contributed by atoms with E-state index in [4.69, 9.17) is 27.9 Å². The molecule has 0 unspecified atom stereocenters. The standard InChI is InChI=1S/C15H20Cl2N2O2/c1-12(20)19-6-2-5-18(7-8-19)9-10-21-15-4-3-13(16)11-14(15)17/h3-4,11H,2,5-10H2,1H3. The molecule has 1 heterocycles. The van der Waals surface area contributed by atoms with E-state index in [0.717, 1.165) is 39.1 Å². The Morgan fingerprint density at radius 3 is 2.76 bits per heavy atom. The highest BCUT2D eigenvalue weighted by atomic mass is 35.5. The van der Waals surface area contributed by atoms with Crippen LogP contribution in [0, 0.1) is 0 Å². The van der Waals surface area contributed by atoms with Crippen LogP contribution in [0.2, 0.25) is 10.0 Å². The van der Waals surface area contributed by atoms with Crippen LogP contribution in [0.3, 0.4) is 0 Å². The molecule has 1 saturated heterocycles. The third kappa shape index (κ3) is 5.06. The van der Waals surface area contributed by atoms with Crippen molar-refractivity contribution in [1.29, 1.82) is 0 Å². The summed E-state index contributed by atoms with van der Waals surface area (Å²) in [6.45, 7) is 6.53. The van der Waals surface area contributed by atoms with Gasteiger partial charge >= 0.3 is 0 Å². The predicted molar refractivity (Wildman–Crippen MR) is 85.3 cm³/mol. The minimum Gasteiger partial charge on any atom is -0.491 e. The topological polar surface area (TPSA) is 32.8 Å². The van der Waals surface area contributed by atoms with Gasteiger partial charge in [-0.05, 0) is 24.6 Å². The van der Waals surface area contributed by atoms with E-state index in [2.05, 4.69) is 4.90 Å². The smallest absolute Gasteiger partial charge is 0.219 e. The largest absolute Gasteiger partial charge is 0.491 e. The zero-order chi connectivity index (χ0) is 15.2. The van der Waals surface area contributed by atoms with Gasteiger partial charge in [-0.3, -0.25) is 9.69 Å². The average molecular weight is 331 g/mol. The molecule has 21 heavy (non-hydrogen) atoms.